The molecule has 1 aromatic heterocycles. The molecule has 1 heterocycles. The minimum absolute atomic E-state index is 0.00449. The Balaban J connectivity index is 2.00. The Morgan fingerprint density at radius 2 is 1.81 bits per heavy atom. The van der Waals surface area contributed by atoms with Crippen molar-refractivity contribution in [2.45, 2.75) is 26.1 Å². The van der Waals surface area contributed by atoms with Gasteiger partial charge in [-0.15, -0.1) is 13.2 Å². The van der Waals surface area contributed by atoms with Gasteiger partial charge in [-0.1, -0.05) is 36.5 Å². The highest BCUT2D eigenvalue weighted by molar-refractivity contribution is 6.42. The summed E-state index contributed by atoms with van der Waals surface area (Å²) in [5.41, 5.74) is 0.341. The molecule has 0 aliphatic rings. The van der Waals surface area contributed by atoms with E-state index in [9.17, 15) is 22.8 Å². The molecule has 170 valence electrons. The molecule has 3 rings (SSSR count). The molecule has 0 amide bonds. The van der Waals surface area contributed by atoms with Gasteiger partial charge in [0.25, 0.3) is 0 Å². The van der Waals surface area contributed by atoms with E-state index in [0.29, 0.717) is 17.3 Å². The van der Waals surface area contributed by atoms with Crippen LogP contribution in [0.2, 0.25) is 10.0 Å². The molecule has 0 unspecified atom stereocenters. The summed E-state index contributed by atoms with van der Waals surface area (Å²) < 4.78 is 48.1. The predicted octanol–water partition coefficient (Wildman–Crippen LogP) is 6.57. The molecule has 0 radical (unpaired) electrons. The molecule has 0 saturated carbocycles. The highest BCUT2D eigenvalue weighted by Crippen LogP contribution is 2.33. The molecule has 0 saturated heterocycles. The summed E-state index contributed by atoms with van der Waals surface area (Å²) in [6.07, 6.45) is -3.33. The van der Waals surface area contributed by atoms with E-state index < -0.39 is 23.9 Å². The van der Waals surface area contributed by atoms with Gasteiger partial charge in [-0.25, -0.2) is 4.79 Å². The van der Waals surface area contributed by atoms with Crippen LogP contribution in [0.25, 0.3) is 10.9 Å². The van der Waals surface area contributed by atoms with Crippen LogP contribution in [0.4, 0.5) is 13.2 Å². The van der Waals surface area contributed by atoms with Gasteiger partial charge >= 0.3 is 12.3 Å². The largest absolute Gasteiger partial charge is 0.573 e. The zero-order valence-electron chi connectivity index (χ0n) is 17.1. The minimum atomic E-state index is -4.84. The zero-order chi connectivity index (χ0) is 23.6. The summed E-state index contributed by atoms with van der Waals surface area (Å²) in [5.74, 6) is -1.70. The van der Waals surface area contributed by atoms with E-state index in [4.69, 9.17) is 27.9 Å². The monoisotopic (exact) mass is 487 g/mol. The average Bonchev–Trinajstić information content (AvgIpc) is 3.03. The summed E-state index contributed by atoms with van der Waals surface area (Å²) in [6, 6.07) is 7.96. The van der Waals surface area contributed by atoms with Crippen molar-refractivity contribution in [2.75, 3.05) is 6.61 Å². The molecule has 0 spiro atoms. The average molecular weight is 488 g/mol. The first-order chi connectivity index (χ1) is 15.0. The van der Waals surface area contributed by atoms with Gasteiger partial charge in [0.05, 0.1) is 39.0 Å². The van der Waals surface area contributed by atoms with Crippen LogP contribution >= 0.6 is 23.2 Å². The highest BCUT2D eigenvalue weighted by atomic mass is 35.5. The van der Waals surface area contributed by atoms with E-state index in [-0.39, 0.29) is 33.5 Å². The van der Waals surface area contributed by atoms with E-state index in [1.807, 2.05) is 6.92 Å². The Morgan fingerprint density at radius 3 is 2.47 bits per heavy atom. The van der Waals surface area contributed by atoms with Crippen LogP contribution in [0.3, 0.4) is 0 Å². The first kappa shape index (κ1) is 23.9. The summed E-state index contributed by atoms with van der Waals surface area (Å²) in [5, 5.41) is 0.375. The number of nitrogens with zero attached hydrogens (tertiary/aromatic N) is 1. The smallest absolute Gasteiger partial charge is 0.462 e. The molecule has 0 bridgehead atoms. The number of carbonyl (C=O) groups excluding carboxylic acids is 2. The number of ether oxygens (including phenoxy) is 2. The Hall–Kier alpha value is -2.71. The van der Waals surface area contributed by atoms with Crippen molar-refractivity contribution in [3.63, 3.8) is 0 Å². The summed E-state index contributed by atoms with van der Waals surface area (Å²) >= 11 is 12.6. The third-order valence-electron chi connectivity index (χ3n) is 4.75. The number of halogens is 5. The fraction of sp³-hybridized carbons (Fsp3) is 0.273. The van der Waals surface area contributed by atoms with Gasteiger partial charge in [0, 0.05) is 18.5 Å². The molecule has 32 heavy (non-hydrogen) atoms. The summed E-state index contributed by atoms with van der Waals surface area (Å²) in [6.45, 7) is 2.16. The number of hydrogen-bond acceptors (Lipinski definition) is 4. The van der Waals surface area contributed by atoms with Crippen LogP contribution in [-0.2, 0) is 11.8 Å². The van der Waals surface area contributed by atoms with Crippen molar-refractivity contribution >= 4 is 45.9 Å². The second kappa shape index (κ2) is 9.42. The number of rotatable bonds is 7. The van der Waals surface area contributed by atoms with E-state index in [2.05, 4.69) is 4.74 Å². The first-order valence-corrected chi connectivity index (χ1v) is 10.3. The van der Waals surface area contributed by atoms with Crippen LogP contribution in [0.1, 0.15) is 46.2 Å². The van der Waals surface area contributed by atoms with Crippen LogP contribution < -0.4 is 4.74 Å². The molecule has 0 aliphatic carbocycles. The van der Waals surface area contributed by atoms with Crippen molar-refractivity contribution in [2.24, 2.45) is 7.05 Å². The lowest BCUT2D eigenvalue weighted by atomic mass is 10.0. The van der Waals surface area contributed by atoms with E-state index in [0.717, 1.165) is 12.5 Å². The van der Waals surface area contributed by atoms with Gasteiger partial charge in [-0.05, 0) is 36.8 Å². The summed E-state index contributed by atoms with van der Waals surface area (Å²) in [4.78, 5) is 25.6. The lowest BCUT2D eigenvalue weighted by Crippen LogP contribution is -2.17. The Labute approximate surface area is 191 Å². The first-order valence-electron chi connectivity index (χ1n) is 9.58. The van der Waals surface area contributed by atoms with Crippen molar-refractivity contribution < 1.29 is 32.2 Å². The number of ketones is 1. The van der Waals surface area contributed by atoms with Crippen LogP contribution in [0.15, 0.2) is 36.4 Å². The summed E-state index contributed by atoms with van der Waals surface area (Å²) in [7, 11) is 1.51. The highest BCUT2D eigenvalue weighted by Gasteiger charge is 2.31. The fourth-order valence-electron chi connectivity index (χ4n) is 3.16. The number of benzene rings is 2. The lowest BCUT2D eigenvalue weighted by molar-refractivity contribution is -0.274. The second-order valence-electron chi connectivity index (χ2n) is 6.96. The number of alkyl halides is 3. The number of carbonyl (C=O) groups is 2. The number of unbranched alkanes of at least 4 members (excludes halogenated alkanes) is 1. The minimum Gasteiger partial charge on any atom is -0.462 e. The maximum atomic E-state index is 13.3. The van der Waals surface area contributed by atoms with E-state index >= 15 is 0 Å². The molecule has 2 aromatic carbocycles. The van der Waals surface area contributed by atoms with Crippen molar-refractivity contribution in [3.8, 4) is 5.75 Å². The van der Waals surface area contributed by atoms with Gasteiger partial charge in [0.1, 0.15) is 5.75 Å². The standard InChI is InChI=1S/C22H18Cl2F3NO4/c1-3-4-9-31-21(30)14-7-8-15(23)18(19(14)24)20(29)17-10-12-5-6-13(32-22(25,26)27)11-16(12)28(17)2/h5-8,10-11H,3-4,9H2,1-2H3. The molecule has 5 nitrogen and oxygen atoms in total. The topological polar surface area (TPSA) is 57.5 Å². The maximum absolute atomic E-state index is 13.3. The molecular weight excluding hydrogens is 470 g/mol. The number of hydrogen-bond donors (Lipinski definition) is 0. The van der Waals surface area contributed by atoms with Crippen LogP contribution in [0, 0.1) is 0 Å². The molecule has 0 fully saturated rings. The lowest BCUT2D eigenvalue weighted by Gasteiger charge is -2.12. The van der Waals surface area contributed by atoms with Gasteiger partial charge < -0.3 is 14.0 Å². The molecule has 10 heteroatoms. The van der Waals surface area contributed by atoms with E-state index in [1.165, 1.54) is 41.9 Å². The molecule has 3 aromatic rings. The van der Waals surface area contributed by atoms with E-state index in [1.54, 1.807) is 0 Å². The molecule has 0 atom stereocenters. The fourth-order valence-corrected chi connectivity index (χ4v) is 3.78. The van der Waals surface area contributed by atoms with Crippen LogP contribution in [0.5, 0.6) is 5.75 Å². The Bertz CT molecular complexity index is 1190. The third-order valence-corrected chi connectivity index (χ3v) is 5.46. The van der Waals surface area contributed by atoms with Crippen molar-refractivity contribution in [3.05, 3.63) is 63.3 Å². The van der Waals surface area contributed by atoms with Gasteiger partial charge in [0.2, 0.25) is 5.78 Å². The zero-order valence-corrected chi connectivity index (χ0v) is 18.6. The number of esters is 1. The van der Waals surface area contributed by atoms with Crippen molar-refractivity contribution in [1.82, 2.24) is 4.57 Å². The number of fused-ring (bicyclic) bond motifs is 1. The Morgan fingerprint density at radius 1 is 1.09 bits per heavy atom. The second-order valence-corrected chi connectivity index (χ2v) is 7.74. The maximum Gasteiger partial charge on any atom is 0.573 e. The molecule has 0 aliphatic heterocycles. The number of aromatic nitrogens is 1. The van der Waals surface area contributed by atoms with Gasteiger partial charge in [-0.2, -0.15) is 0 Å². The normalized spacial score (nSPS) is 11.6. The van der Waals surface area contributed by atoms with Crippen LogP contribution in [-0.4, -0.2) is 29.3 Å². The predicted molar refractivity (Wildman–Crippen MR) is 115 cm³/mol. The van der Waals surface area contributed by atoms with Gasteiger partial charge in [0.15, 0.2) is 0 Å². The molecular formula is C22H18Cl2F3NO4. The number of aryl methyl sites for hydroxylation is 1. The van der Waals surface area contributed by atoms with Crippen molar-refractivity contribution in [1.29, 1.82) is 0 Å². The third kappa shape index (κ3) is 5.02. The Kier molecular flexibility index (Phi) is 7.05. The quantitative estimate of drug-likeness (QED) is 0.215. The molecule has 0 N–H and O–H groups in total. The van der Waals surface area contributed by atoms with Gasteiger partial charge in [-0.3, -0.25) is 4.79 Å². The SMILES string of the molecule is CCCCOC(=O)c1ccc(Cl)c(C(=O)c2cc3ccc(OC(F)(F)F)cc3n2C)c1Cl.